The van der Waals surface area contributed by atoms with E-state index in [9.17, 15) is 9.59 Å². The summed E-state index contributed by atoms with van der Waals surface area (Å²) in [7, 11) is 0. The third kappa shape index (κ3) is 3.97. The molecule has 0 bridgehead atoms. The van der Waals surface area contributed by atoms with Gasteiger partial charge in [-0.25, -0.2) is 4.79 Å². The second kappa shape index (κ2) is 7.88. The third-order valence-corrected chi connectivity index (χ3v) is 6.27. The quantitative estimate of drug-likeness (QED) is 0.544. The van der Waals surface area contributed by atoms with E-state index in [0.29, 0.717) is 17.7 Å². The van der Waals surface area contributed by atoms with Gasteiger partial charge in [-0.1, -0.05) is 43.3 Å². The van der Waals surface area contributed by atoms with E-state index in [2.05, 4.69) is 57.0 Å². The fourth-order valence-corrected chi connectivity index (χ4v) is 5.19. The minimum atomic E-state index is -0.376. The summed E-state index contributed by atoms with van der Waals surface area (Å²) in [5.41, 5.74) is 4.82. The molecule has 4 rings (SSSR count). The Labute approximate surface area is 184 Å². The van der Waals surface area contributed by atoms with Gasteiger partial charge in [0.25, 0.3) is 5.91 Å². The van der Waals surface area contributed by atoms with Crippen molar-refractivity contribution in [2.75, 3.05) is 4.90 Å². The number of nitrogens with zero attached hydrogens (tertiary/aromatic N) is 2. The van der Waals surface area contributed by atoms with Crippen LogP contribution >= 0.6 is 0 Å². The van der Waals surface area contributed by atoms with Gasteiger partial charge in [0.15, 0.2) is 0 Å². The predicted molar refractivity (Wildman–Crippen MR) is 125 cm³/mol. The zero-order valence-corrected chi connectivity index (χ0v) is 19.0. The Balaban J connectivity index is 1.62. The highest BCUT2D eigenvalue weighted by molar-refractivity contribution is 6.13. The monoisotopic (exact) mass is 417 g/mol. The second-order valence-corrected chi connectivity index (χ2v) is 9.56. The summed E-state index contributed by atoms with van der Waals surface area (Å²) in [5.74, 6) is 0.131. The summed E-state index contributed by atoms with van der Waals surface area (Å²) in [5, 5.41) is 2.74. The van der Waals surface area contributed by atoms with Crippen molar-refractivity contribution in [1.29, 1.82) is 0 Å². The van der Waals surface area contributed by atoms with Gasteiger partial charge >= 0.3 is 6.03 Å². The Bertz CT molecular complexity index is 1040. The van der Waals surface area contributed by atoms with Gasteiger partial charge < -0.3 is 10.2 Å². The molecule has 3 amide bonds. The standard InChI is InChI=1S/C26H31N3O2/c1-17(2)29-23-12-11-20(13-21(23)18(3)15-26(29,4)5)14-22-24(30)28(25(31)27-22)16-19-9-7-6-8-10-19/h6-14,17-18H,15-16H2,1-5H3,(H,27,31)/b22-14-. The molecule has 5 nitrogen and oxygen atoms in total. The van der Waals surface area contributed by atoms with Gasteiger partial charge in [0.05, 0.1) is 6.54 Å². The van der Waals surface area contributed by atoms with Crippen molar-refractivity contribution >= 4 is 23.7 Å². The zero-order valence-electron chi connectivity index (χ0n) is 19.0. The van der Waals surface area contributed by atoms with Crippen LogP contribution in [0, 0.1) is 0 Å². The molecule has 162 valence electrons. The summed E-state index contributed by atoms with van der Waals surface area (Å²) in [4.78, 5) is 29.0. The number of carbonyl (C=O) groups excluding carboxylic acids is 2. The number of rotatable bonds is 4. The number of benzene rings is 2. The molecule has 0 aliphatic carbocycles. The smallest absolute Gasteiger partial charge is 0.329 e. The first-order valence-corrected chi connectivity index (χ1v) is 11.0. The average molecular weight is 418 g/mol. The minimum Gasteiger partial charge on any atom is -0.364 e. The van der Waals surface area contributed by atoms with Crippen molar-refractivity contribution in [3.8, 4) is 0 Å². The molecule has 5 heteroatoms. The van der Waals surface area contributed by atoms with Crippen LogP contribution in [0.15, 0.2) is 54.2 Å². The number of imide groups is 1. The highest BCUT2D eigenvalue weighted by Gasteiger charge is 2.38. The third-order valence-electron chi connectivity index (χ3n) is 6.27. The van der Waals surface area contributed by atoms with E-state index < -0.39 is 0 Å². The molecule has 0 spiro atoms. The number of amides is 3. The number of carbonyl (C=O) groups is 2. The lowest BCUT2D eigenvalue weighted by Gasteiger charge is -2.50. The molecule has 1 saturated heterocycles. The molecule has 0 radical (unpaired) electrons. The van der Waals surface area contributed by atoms with E-state index in [0.717, 1.165) is 17.5 Å². The zero-order chi connectivity index (χ0) is 22.3. The molecule has 2 aromatic rings. The maximum absolute atomic E-state index is 12.9. The maximum Gasteiger partial charge on any atom is 0.329 e. The van der Waals surface area contributed by atoms with E-state index >= 15 is 0 Å². The molecular weight excluding hydrogens is 386 g/mol. The van der Waals surface area contributed by atoms with Gasteiger partial charge in [0.2, 0.25) is 0 Å². The summed E-state index contributed by atoms with van der Waals surface area (Å²) in [6, 6.07) is 15.9. The molecular formula is C26H31N3O2. The van der Waals surface area contributed by atoms with E-state index in [4.69, 9.17) is 0 Å². The fourth-order valence-electron chi connectivity index (χ4n) is 5.19. The number of urea groups is 1. The van der Waals surface area contributed by atoms with Crippen LogP contribution in [0.1, 0.15) is 63.6 Å². The fraction of sp³-hybridized carbons (Fsp3) is 0.385. The highest BCUT2D eigenvalue weighted by Crippen LogP contribution is 2.44. The van der Waals surface area contributed by atoms with Gasteiger partial charge in [-0.3, -0.25) is 9.69 Å². The van der Waals surface area contributed by atoms with Crippen LogP contribution < -0.4 is 10.2 Å². The topological polar surface area (TPSA) is 52.7 Å². The maximum atomic E-state index is 12.9. The highest BCUT2D eigenvalue weighted by atomic mass is 16.2. The summed E-state index contributed by atoms with van der Waals surface area (Å²) >= 11 is 0. The van der Waals surface area contributed by atoms with E-state index in [1.807, 2.05) is 36.4 Å². The van der Waals surface area contributed by atoms with Gasteiger partial charge in [0.1, 0.15) is 5.70 Å². The second-order valence-electron chi connectivity index (χ2n) is 9.56. The van der Waals surface area contributed by atoms with Crippen molar-refractivity contribution in [2.24, 2.45) is 0 Å². The van der Waals surface area contributed by atoms with Crippen LogP contribution in [-0.4, -0.2) is 28.4 Å². The lowest BCUT2D eigenvalue weighted by atomic mass is 9.79. The largest absolute Gasteiger partial charge is 0.364 e. The first kappa shape index (κ1) is 21.2. The number of fused-ring (bicyclic) bond motifs is 1. The molecule has 1 fully saturated rings. The van der Waals surface area contributed by atoms with E-state index in [-0.39, 0.29) is 24.0 Å². The lowest BCUT2D eigenvalue weighted by molar-refractivity contribution is -0.123. The molecule has 1 unspecified atom stereocenters. The lowest BCUT2D eigenvalue weighted by Crippen LogP contribution is -2.51. The molecule has 0 aromatic heterocycles. The normalized spacial score (nSPS) is 21.6. The van der Waals surface area contributed by atoms with E-state index in [1.54, 1.807) is 6.08 Å². The molecule has 2 aromatic carbocycles. The van der Waals surface area contributed by atoms with Crippen LogP contribution in [0.4, 0.5) is 10.5 Å². The molecule has 1 N–H and O–H groups in total. The van der Waals surface area contributed by atoms with Crippen LogP contribution in [0.5, 0.6) is 0 Å². The summed E-state index contributed by atoms with van der Waals surface area (Å²) in [6.07, 6.45) is 2.86. The van der Waals surface area contributed by atoms with Crippen molar-refractivity contribution in [3.63, 3.8) is 0 Å². The first-order valence-electron chi connectivity index (χ1n) is 11.0. The molecule has 2 aliphatic heterocycles. The Morgan fingerprint density at radius 3 is 2.52 bits per heavy atom. The Kier molecular flexibility index (Phi) is 5.38. The molecule has 2 aliphatic rings. The number of anilines is 1. The number of hydrogen-bond donors (Lipinski definition) is 1. The Morgan fingerprint density at radius 2 is 1.84 bits per heavy atom. The SMILES string of the molecule is CC1CC(C)(C)N(C(C)C)c2ccc(/C=C3\NC(=O)N(Cc4ccccc4)C3=O)cc21. The molecule has 1 atom stereocenters. The van der Waals surface area contributed by atoms with Crippen LogP contribution in [-0.2, 0) is 11.3 Å². The molecule has 0 saturated carbocycles. The van der Waals surface area contributed by atoms with Crippen molar-refractivity contribution in [2.45, 2.75) is 65.1 Å². The summed E-state index contributed by atoms with van der Waals surface area (Å²) in [6.45, 7) is 11.6. The van der Waals surface area contributed by atoms with Crippen LogP contribution in [0.25, 0.3) is 6.08 Å². The van der Waals surface area contributed by atoms with Crippen molar-refractivity contribution in [3.05, 3.63) is 70.9 Å². The van der Waals surface area contributed by atoms with Gasteiger partial charge in [-0.05, 0) is 74.9 Å². The summed E-state index contributed by atoms with van der Waals surface area (Å²) < 4.78 is 0. The van der Waals surface area contributed by atoms with Crippen LogP contribution in [0.2, 0.25) is 0 Å². The molecule has 31 heavy (non-hydrogen) atoms. The predicted octanol–water partition coefficient (Wildman–Crippen LogP) is 5.28. The average Bonchev–Trinajstić information content (AvgIpc) is 2.95. The van der Waals surface area contributed by atoms with E-state index in [1.165, 1.54) is 16.2 Å². The molecule has 2 heterocycles. The van der Waals surface area contributed by atoms with Crippen LogP contribution in [0.3, 0.4) is 0 Å². The van der Waals surface area contributed by atoms with Gasteiger partial charge in [0, 0.05) is 17.3 Å². The first-order chi connectivity index (χ1) is 14.7. The van der Waals surface area contributed by atoms with Crippen molar-refractivity contribution < 1.29 is 9.59 Å². The van der Waals surface area contributed by atoms with Gasteiger partial charge in [-0.2, -0.15) is 0 Å². The minimum absolute atomic E-state index is 0.0912. The Morgan fingerprint density at radius 1 is 1.13 bits per heavy atom. The van der Waals surface area contributed by atoms with Gasteiger partial charge in [-0.15, -0.1) is 0 Å². The number of hydrogen-bond acceptors (Lipinski definition) is 3. The van der Waals surface area contributed by atoms with Crippen molar-refractivity contribution in [1.82, 2.24) is 10.2 Å². The Hall–Kier alpha value is -3.08. The number of nitrogens with one attached hydrogen (secondary N) is 1.